The Kier molecular flexibility index (Phi) is 4.36. The lowest BCUT2D eigenvalue weighted by Crippen LogP contribution is -2.28. The van der Waals surface area contributed by atoms with Gasteiger partial charge in [-0.2, -0.15) is 0 Å². The van der Waals surface area contributed by atoms with E-state index in [0.717, 1.165) is 43.2 Å². The van der Waals surface area contributed by atoms with E-state index in [2.05, 4.69) is 10.2 Å². The van der Waals surface area contributed by atoms with E-state index in [1.54, 1.807) is 0 Å². The maximum absolute atomic E-state index is 13.4. The second kappa shape index (κ2) is 6.92. The van der Waals surface area contributed by atoms with E-state index in [1.807, 2.05) is 56.3 Å². The first-order chi connectivity index (χ1) is 14.0. The number of rotatable bonds is 4. The van der Waals surface area contributed by atoms with Crippen molar-refractivity contribution in [3.05, 3.63) is 52.2 Å². The predicted molar refractivity (Wildman–Crippen MR) is 118 cm³/mol. The molecule has 1 fully saturated rings. The van der Waals surface area contributed by atoms with Gasteiger partial charge in [0.25, 0.3) is 0 Å². The highest BCUT2D eigenvalue weighted by Gasteiger charge is 2.26. The van der Waals surface area contributed by atoms with Crippen LogP contribution in [-0.2, 0) is 0 Å². The quantitative estimate of drug-likeness (QED) is 0.658. The average molecular weight is 390 g/mol. The Bertz CT molecular complexity index is 1170. The number of nitrogens with one attached hydrogen (secondary N) is 1. The summed E-state index contributed by atoms with van der Waals surface area (Å²) >= 11 is 0. The highest BCUT2D eigenvalue weighted by atomic mass is 16.5. The van der Waals surface area contributed by atoms with Gasteiger partial charge in [-0.3, -0.25) is 4.79 Å². The summed E-state index contributed by atoms with van der Waals surface area (Å²) in [5.41, 5.74) is 2.38. The summed E-state index contributed by atoms with van der Waals surface area (Å²) < 4.78 is 12.4. The molecular formula is C24H26N2O3. The fourth-order valence-electron chi connectivity index (χ4n) is 4.31. The minimum atomic E-state index is -0.398. The first-order valence-corrected chi connectivity index (χ1v) is 10.4. The van der Waals surface area contributed by atoms with Gasteiger partial charge in [-0.1, -0.05) is 12.1 Å². The molecule has 5 nitrogen and oxygen atoms in total. The fourth-order valence-corrected chi connectivity index (χ4v) is 4.31. The van der Waals surface area contributed by atoms with Crippen LogP contribution < -0.4 is 15.5 Å². The first-order valence-electron chi connectivity index (χ1n) is 10.4. The fraction of sp³-hybridized carbons (Fsp3) is 0.375. The molecule has 0 radical (unpaired) electrons. The van der Waals surface area contributed by atoms with Crippen molar-refractivity contribution in [2.75, 3.05) is 31.5 Å². The first kappa shape index (κ1) is 18.3. The Morgan fingerprint density at radius 1 is 1.17 bits per heavy atom. The van der Waals surface area contributed by atoms with E-state index in [0.29, 0.717) is 21.9 Å². The largest absolute Gasteiger partial charge is 0.483 e. The topological polar surface area (TPSA) is 54.7 Å². The zero-order chi connectivity index (χ0) is 20.0. The van der Waals surface area contributed by atoms with Gasteiger partial charge in [0.15, 0.2) is 5.58 Å². The molecule has 2 aliphatic rings. The minimum Gasteiger partial charge on any atom is -0.483 e. The number of fused-ring (bicyclic) bond motifs is 4. The van der Waals surface area contributed by atoms with Crippen LogP contribution in [0.5, 0.6) is 5.75 Å². The maximum atomic E-state index is 13.4. The van der Waals surface area contributed by atoms with Gasteiger partial charge in [0, 0.05) is 19.2 Å². The number of benzene rings is 2. The summed E-state index contributed by atoms with van der Waals surface area (Å²) in [4.78, 5) is 15.8. The number of ether oxygens (including phenoxy) is 1. The summed E-state index contributed by atoms with van der Waals surface area (Å²) in [5.74, 6) is 0.743. The van der Waals surface area contributed by atoms with Crippen LogP contribution in [-0.4, -0.2) is 36.7 Å². The number of anilines is 1. The second-order valence-corrected chi connectivity index (χ2v) is 8.48. The van der Waals surface area contributed by atoms with Crippen molar-refractivity contribution in [1.29, 1.82) is 0 Å². The molecule has 5 rings (SSSR count). The second-order valence-electron chi connectivity index (χ2n) is 8.48. The maximum Gasteiger partial charge on any atom is 0.202 e. The number of para-hydroxylation sites is 1. The van der Waals surface area contributed by atoms with Gasteiger partial charge in [0.1, 0.15) is 16.9 Å². The molecule has 1 saturated heterocycles. The van der Waals surface area contributed by atoms with Crippen molar-refractivity contribution >= 4 is 33.7 Å². The van der Waals surface area contributed by atoms with Crippen molar-refractivity contribution < 1.29 is 9.15 Å². The lowest BCUT2D eigenvalue weighted by atomic mass is 9.99. The molecule has 1 aromatic heterocycles. The van der Waals surface area contributed by atoms with Crippen molar-refractivity contribution in [2.24, 2.45) is 0 Å². The molecular weight excluding hydrogens is 364 g/mol. The van der Waals surface area contributed by atoms with Gasteiger partial charge in [0.05, 0.1) is 22.0 Å². The van der Waals surface area contributed by atoms with Gasteiger partial charge < -0.3 is 19.4 Å². The Morgan fingerprint density at radius 2 is 1.97 bits per heavy atom. The van der Waals surface area contributed by atoms with Gasteiger partial charge in [0.2, 0.25) is 5.43 Å². The average Bonchev–Trinajstić information content (AvgIpc) is 3.20. The number of hydrogen-bond donors (Lipinski definition) is 1. The van der Waals surface area contributed by atoms with Crippen molar-refractivity contribution in [2.45, 2.75) is 32.3 Å². The number of likely N-dealkylation sites (tertiary alicyclic amines) is 1. The van der Waals surface area contributed by atoms with E-state index in [9.17, 15) is 4.79 Å². The van der Waals surface area contributed by atoms with E-state index in [4.69, 9.17) is 9.15 Å². The Morgan fingerprint density at radius 3 is 2.79 bits per heavy atom. The zero-order valence-electron chi connectivity index (χ0n) is 17.0. The molecule has 0 bridgehead atoms. The van der Waals surface area contributed by atoms with Crippen LogP contribution in [0.15, 0.2) is 45.6 Å². The van der Waals surface area contributed by atoms with E-state index in [-0.39, 0.29) is 5.43 Å². The third-order valence-electron chi connectivity index (χ3n) is 5.82. The SMILES string of the molecule is CC1(C)C=Cc2c(cc(NCCN3CCCC3)c3c(=O)c4ccccc4oc23)O1. The van der Waals surface area contributed by atoms with Crippen LogP contribution in [0.3, 0.4) is 0 Å². The lowest BCUT2D eigenvalue weighted by Gasteiger charge is -2.29. The van der Waals surface area contributed by atoms with Crippen LogP contribution in [0.4, 0.5) is 5.69 Å². The highest BCUT2D eigenvalue weighted by molar-refractivity contribution is 6.02. The zero-order valence-corrected chi connectivity index (χ0v) is 17.0. The number of nitrogens with zero attached hydrogens (tertiary/aromatic N) is 1. The van der Waals surface area contributed by atoms with Crippen LogP contribution >= 0.6 is 0 Å². The molecule has 0 spiro atoms. The molecule has 3 aromatic rings. The molecule has 0 amide bonds. The molecule has 1 N–H and O–H groups in total. The molecule has 3 heterocycles. The van der Waals surface area contributed by atoms with Crippen LogP contribution in [0, 0.1) is 0 Å². The third-order valence-corrected chi connectivity index (χ3v) is 5.82. The Labute approximate surface area is 169 Å². The third kappa shape index (κ3) is 3.29. The smallest absolute Gasteiger partial charge is 0.202 e. The van der Waals surface area contributed by atoms with Crippen molar-refractivity contribution in [1.82, 2.24) is 4.90 Å². The molecule has 0 unspecified atom stereocenters. The summed E-state index contributed by atoms with van der Waals surface area (Å²) in [6, 6.07) is 9.38. The van der Waals surface area contributed by atoms with E-state index >= 15 is 0 Å². The highest BCUT2D eigenvalue weighted by Crippen LogP contribution is 2.40. The monoisotopic (exact) mass is 390 g/mol. The molecule has 2 aliphatic heterocycles. The van der Waals surface area contributed by atoms with Crippen LogP contribution in [0.2, 0.25) is 0 Å². The van der Waals surface area contributed by atoms with Crippen LogP contribution in [0.1, 0.15) is 32.3 Å². The van der Waals surface area contributed by atoms with Crippen LogP contribution in [0.25, 0.3) is 28.0 Å². The Balaban J connectivity index is 1.65. The lowest BCUT2D eigenvalue weighted by molar-refractivity contribution is 0.159. The minimum absolute atomic E-state index is 0.00782. The van der Waals surface area contributed by atoms with E-state index < -0.39 is 5.60 Å². The normalized spacial score (nSPS) is 18.1. The van der Waals surface area contributed by atoms with Crippen molar-refractivity contribution in [3.8, 4) is 5.75 Å². The molecule has 5 heteroatoms. The predicted octanol–water partition coefficient (Wildman–Crippen LogP) is 4.64. The number of hydrogen-bond acceptors (Lipinski definition) is 5. The molecule has 0 atom stereocenters. The van der Waals surface area contributed by atoms with Crippen molar-refractivity contribution in [3.63, 3.8) is 0 Å². The molecule has 29 heavy (non-hydrogen) atoms. The molecule has 2 aromatic carbocycles. The Hall–Kier alpha value is -2.79. The summed E-state index contributed by atoms with van der Waals surface area (Å²) in [6.07, 6.45) is 6.55. The summed E-state index contributed by atoms with van der Waals surface area (Å²) in [6.45, 7) is 8.09. The summed E-state index contributed by atoms with van der Waals surface area (Å²) in [5, 5.41) is 4.69. The molecule has 0 aliphatic carbocycles. The van der Waals surface area contributed by atoms with E-state index in [1.165, 1.54) is 12.8 Å². The molecule has 0 saturated carbocycles. The van der Waals surface area contributed by atoms with Gasteiger partial charge in [-0.05, 0) is 64.1 Å². The van der Waals surface area contributed by atoms with Gasteiger partial charge in [-0.15, -0.1) is 0 Å². The van der Waals surface area contributed by atoms with Gasteiger partial charge >= 0.3 is 0 Å². The standard InChI is InChI=1S/C24H26N2O3/c1-24(2)10-9-17-20(29-24)15-18(25-11-14-26-12-5-6-13-26)21-22(27)16-7-3-4-8-19(16)28-23(17)21/h3-4,7-10,15,25H,5-6,11-14H2,1-2H3. The molecule has 150 valence electrons. The van der Waals surface area contributed by atoms with Gasteiger partial charge in [-0.25, -0.2) is 0 Å². The summed E-state index contributed by atoms with van der Waals surface area (Å²) in [7, 11) is 0.